The van der Waals surface area contributed by atoms with E-state index in [4.69, 9.17) is 9.72 Å². The topological polar surface area (TPSA) is 70.7 Å². The van der Waals surface area contributed by atoms with Gasteiger partial charge in [-0.2, -0.15) is 18.3 Å². The predicted octanol–water partition coefficient (Wildman–Crippen LogP) is 5.68. The minimum atomic E-state index is -4.35. The van der Waals surface area contributed by atoms with Gasteiger partial charge in [0.05, 0.1) is 29.9 Å². The Kier molecular flexibility index (Phi) is 6.34. The normalized spacial score (nSPS) is 15.9. The molecule has 4 heterocycles. The Hall–Kier alpha value is -3.95. The quantitative estimate of drug-likeness (QED) is 0.345. The number of alkyl halides is 3. The summed E-state index contributed by atoms with van der Waals surface area (Å²) >= 11 is 0. The zero-order valence-electron chi connectivity index (χ0n) is 19.9. The first-order valence-electron chi connectivity index (χ1n) is 11.8. The summed E-state index contributed by atoms with van der Waals surface area (Å²) in [6.07, 6.45) is 4.56. The highest BCUT2D eigenvalue weighted by Gasteiger charge is 2.31. The van der Waals surface area contributed by atoms with Crippen LogP contribution in [0.2, 0.25) is 0 Å². The van der Waals surface area contributed by atoms with E-state index in [-0.39, 0.29) is 5.92 Å². The third-order valence-electron chi connectivity index (χ3n) is 6.07. The van der Waals surface area contributed by atoms with E-state index in [2.05, 4.69) is 15.1 Å². The lowest BCUT2D eigenvalue weighted by atomic mass is 9.90. The van der Waals surface area contributed by atoms with Crippen molar-refractivity contribution in [3.05, 3.63) is 83.1 Å². The monoisotopic (exact) mass is 494 g/mol. The Morgan fingerprint density at radius 1 is 1.08 bits per heavy atom. The van der Waals surface area contributed by atoms with Crippen molar-refractivity contribution >= 4 is 12.2 Å². The van der Waals surface area contributed by atoms with E-state index < -0.39 is 11.7 Å². The molecule has 0 aliphatic carbocycles. The summed E-state index contributed by atoms with van der Waals surface area (Å²) in [6.45, 7) is 5.02. The number of rotatable bonds is 6. The molecule has 0 unspecified atom stereocenters. The molecule has 0 fully saturated rings. The summed E-state index contributed by atoms with van der Waals surface area (Å²) < 4.78 is 48.3. The molecule has 1 aliphatic heterocycles. The molecular formula is C26H25F3N6O. The molecule has 0 bridgehead atoms. The first-order valence-corrected chi connectivity index (χ1v) is 11.8. The van der Waals surface area contributed by atoms with E-state index in [9.17, 15) is 13.2 Å². The number of hydrogen-bond donors (Lipinski definition) is 0. The zero-order valence-corrected chi connectivity index (χ0v) is 19.9. The van der Waals surface area contributed by atoms with Crippen LogP contribution in [0.4, 0.5) is 13.2 Å². The average molecular weight is 495 g/mol. The van der Waals surface area contributed by atoms with Crippen LogP contribution >= 0.6 is 0 Å². The van der Waals surface area contributed by atoms with Crippen LogP contribution in [0.3, 0.4) is 0 Å². The van der Waals surface area contributed by atoms with E-state index >= 15 is 0 Å². The van der Waals surface area contributed by atoms with E-state index in [1.165, 1.54) is 12.1 Å². The van der Waals surface area contributed by atoms with Crippen LogP contribution < -0.4 is 4.74 Å². The molecule has 0 saturated heterocycles. The SMILES string of the molecule is CCOc1nc(/C=C/c2nc3n(n2)CCC[C@H]3c2ccc(C(F)(F)F)cc2)ccc1-n1cnc(C)c1. The maximum absolute atomic E-state index is 13.0. The van der Waals surface area contributed by atoms with Gasteiger partial charge in [0, 0.05) is 18.7 Å². The van der Waals surface area contributed by atoms with E-state index in [1.807, 2.05) is 47.5 Å². The van der Waals surface area contributed by atoms with Crippen molar-refractivity contribution in [2.24, 2.45) is 0 Å². The summed E-state index contributed by atoms with van der Waals surface area (Å²) in [5, 5.41) is 4.59. The Bertz CT molecular complexity index is 1390. The van der Waals surface area contributed by atoms with Crippen molar-refractivity contribution in [2.45, 2.75) is 45.3 Å². The van der Waals surface area contributed by atoms with Gasteiger partial charge in [0.2, 0.25) is 5.88 Å². The second-order valence-corrected chi connectivity index (χ2v) is 8.61. The lowest BCUT2D eigenvalue weighted by Gasteiger charge is -2.22. The van der Waals surface area contributed by atoms with Crippen LogP contribution in [-0.2, 0) is 12.7 Å². The van der Waals surface area contributed by atoms with Crippen LogP contribution in [0, 0.1) is 6.92 Å². The number of aryl methyl sites for hydroxylation is 2. The third kappa shape index (κ3) is 4.89. The molecule has 0 radical (unpaired) electrons. The second-order valence-electron chi connectivity index (χ2n) is 8.61. The van der Waals surface area contributed by atoms with Crippen LogP contribution in [0.15, 0.2) is 48.9 Å². The Morgan fingerprint density at radius 3 is 2.58 bits per heavy atom. The molecule has 3 aromatic heterocycles. The molecule has 4 aromatic rings. The largest absolute Gasteiger partial charge is 0.476 e. The van der Waals surface area contributed by atoms with Gasteiger partial charge < -0.3 is 9.30 Å². The minimum Gasteiger partial charge on any atom is -0.476 e. The first kappa shape index (κ1) is 23.8. The summed E-state index contributed by atoms with van der Waals surface area (Å²) in [6, 6.07) is 9.13. The van der Waals surface area contributed by atoms with Crippen LogP contribution in [0.1, 0.15) is 59.8 Å². The van der Waals surface area contributed by atoms with Crippen LogP contribution in [-0.4, -0.2) is 35.9 Å². The van der Waals surface area contributed by atoms with Gasteiger partial charge in [0.25, 0.3) is 0 Å². The van der Waals surface area contributed by atoms with Gasteiger partial charge in [-0.25, -0.2) is 19.6 Å². The zero-order chi connectivity index (χ0) is 25.3. The maximum Gasteiger partial charge on any atom is 0.416 e. The lowest BCUT2D eigenvalue weighted by Crippen LogP contribution is -2.18. The van der Waals surface area contributed by atoms with Gasteiger partial charge in [-0.1, -0.05) is 12.1 Å². The minimum absolute atomic E-state index is 0.101. The first-order chi connectivity index (χ1) is 17.3. The number of hydrogen-bond acceptors (Lipinski definition) is 5. The standard InChI is InChI=1S/C26H25F3N6O/c1-3-36-25-22(34-15-17(2)30-16-34)12-10-20(31-25)11-13-23-32-24-21(5-4-14-35(24)33-23)18-6-8-19(9-7-18)26(27,28)29/h6-13,15-16,21H,3-5,14H2,1-2H3/b13-11+/t21-/m0/s1. The number of benzene rings is 1. The molecule has 1 aromatic carbocycles. The Morgan fingerprint density at radius 2 is 1.89 bits per heavy atom. The lowest BCUT2D eigenvalue weighted by molar-refractivity contribution is -0.137. The summed E-state index contributed by atoms with van der Waals surface area (Å²) in [5.74, 6) is 1.68. The smallest absolute Gasteiger partial charge is 0.416 e. The molecule has 186 valence electrons. The molecule has 1 aliphatic rings. The van der Waals surface area contributed by atoms with Crippen molar-refractivity contribution in [2.75, 3.05) is 6.61 Å². The highest BCUT2D eigenvalue weighted by atomic mass is 19.4. The predicted molar refractivity (Wildman–Crippen MR) is 129 cm³/mol. The molecule has 0 N–H and O–H groups in total. The second kappa shape index (κ2) is 9.60. The van der Waals surface area contributed by atoms with Crippen molar-refractivity contribution in [1.82, 2.24) is 29.3 Å². The van der Waals surface area contributed by atoms with Crippen LogP contribution in [0.25, 0.3) is 17.8 Å². The van der Waals surface area contributed by atoms with Gasteiger partial charge in [-0.15, -0.1) is 0 Å². The molecule has 0 amide bonds. The number of fused-ring (bicyclic) bond motifs is 1. The number of ether oxygens (including phenoxy) is 1. The molecule has 0 saturated carbocycles. The van der Waals surface area contributed by atoms with Gasteiger partial charge in [0.1, 0.15) is 11.5 Å². The maximum atomic E-state index is 13.0. The number of halogens is 3. The van der Waals surface area contributed by atoms with Crippen molar-refractivity contribution in [3.63, 3.8) is 0 Å². The average Bonchev–Trinajstić information content (AvgIpc) is 3.48. The molecule has 7 nitrogen and oxygen atoms in total. The van der Waals surface area contributed by atoms with Gasteiger partial charge >= 0.3 is 6.18 Å². The Labute approximate surface area is 206 Å². The molecule has 0 spiro atoms. The van der Waals surface area contributed by atoms with Crippen molar-refractivity contribution < 1.29 is 17.9 Å². The van der Waals surface area contributed by atoms with Crippen molar-refractivity contribution in [1.29, 1.82) is 0 Å². The van der Waals surface area contributed by atoms with E-state index in [0.717, 1.165) is 54.3 Å². The molecule has 1 atom stereocenters. The number of aromatic nitrogens is 6. The fraction of sp³-hybridized carbons (Fsp3) is 0.308. The highest BCUT2D eigenvalue weighted by molar-refractivity contribution is 5.65. The number of pyridine rings is 1. The summed E-state index contributed by atoms with van der Waals surface area (Å²) in [4.78, 5) is 13.6. The number of nitrogens with zero attached hydrogens (tertiary/aromatic N) is 6. The molecular weight excluding hydrogens is 469 g/mol. The molecule has 10 heteroatoms. The van der Waals surface area contributed by atoms with Gasteiger partial charge in [-0.05, 0) is 68.7 Å². The Balaban J connectivity index is 1.39. The molecule has 5 rings (SSSR count). The third-order valence-corrected chi connectivity index (χ3v) is 6.07. The highest BCUT2D eigenvalue weighted by Crippen LogP contribution is 2.35. The van der Waals surface area contributed by atoms with Gasteiger partial charge in [0.15, 0.2) is 5.82 Å². The summed E-state index contributed by atoms with van der Waals surface area (Å²) in [5.41, 5.74) is 2.53. The van der Waals surface area contributed by atoms with E-state index in [1.54, 1.807) is 12.4 Å². The van der Waals surface area contributed by atoms with Crippen molar-refractivity contribution in [3.8, 4) is 11.6 Å². The van der Waals surface area contributed by atoms with Gasteiger partial charge in [-0.3, -0.25) is 0 Å². The fourth-order valence-corrected chi connectivity index (χ4v) is 4.35. The fourth-order valence-electron chi connectivity index (χ4n) is 4.35. The van der Waals surface area contributed by atoms with Crippen LogP contribution in [0.5, 0.6) is 5.88 Å². The number of imidazole rings is 1. The summed E-state index contributed by atoms with van der Waals surface area (Å²) in [7, 11) is 0. The van der Waals surface area contributed by atoms with E-state index in [0.29, 0.717) is 24.0 Å². The molecule has 36 heavy (non-hydrogen) atoms.